The van der Waals surface area contributed by atoms with E-state index in [1.165, 1.54) is 20.6 Å². The van der Waals surface area contributed by atoms with Crippen LogP contribution in [0.3, 0.4) is 0 Å². The zero-order valence-corrected chi connectivity index (χ0v) is 13.5. The van der Waals surface area contributed by atoms with E-state index in [-0.39, 0.29) is 12.3 Å². The largest absolute Gasteiger partial charge is 0.493 e. The number of amides is 1. The third-order valence-corrected chi connectivity index (χ3v) is 4.22. The van der Waals surface area contributed by atoms with Crippen LogP contribution in [0.1, 0.15) is 43.7 Å². The monoisotopic (exact) mass is 321 g/mol. The molecule has 1 unspecified atom stereocenters. The molecule has 126 valence electrons. The van der Waals surface area contributed by atoms with E-state index in [2.05, 4.69) is 5.32 Å². The van der Waals surface area contributed by atoms with Crippen molar-refractivity contribution in [1.29, 1.82) is 0 Å². The van der Waals surface area contributed by atoms with Gasteiger partial charge < -0.3 is 19.9 Å². The van der Waals surface area contributed by atoms with Gasteiger partial charge in [0.15, 0.2) is 11.5 Å². The number of carboxylic acid groups (broad SMARTS) is 1. The topological polar surface area (TPSA) is 84.9 Å². The third kappa shape index (κ3) is 4.61. The molecule has 2 rings (SSSR count). The molecule has 1 atom stereocenters. The van der Waals surface area contributed by atoms with Crippen LogP contribution in [0, 0.1) is 5.92 Å². The second kappa shape index (κ2) is 7.85. The third-order valence-electron chi connectivity index (χ3n) is 4.22. The Labute approximate surface area is 135 Å². The zero-order chi connectivity index (χ0) is 16.8. The molecule has 0 heterocycles. The molecule has 0 spiro atoms. The molecular weight excluding hydrogens is 298 g/mol. The maximum Gasteiger partial charge on any atom is 0.305 e. The van der Waals surface area contributed by atoms with Gasteiger partial charge in [0.2, 0.25) is 5.91 Å². The highest BCUT2D eigenvalue weighted by Crippen LogP contribution is 2.32. The van der Waals surface area contributed by atoms with Crippen LogP contribution >= 0.6 is 0 Å². The van der Waals surface area contributed by atoms with Crippen LogP contribution in [0.4, 0.5) is 0 Å². The predicted octanol–water partition coefficient (Wildman–Crippen LogP) is 2.53. The van der Waals surface area contributed by atoms with Crippen molar-refractivity contribution in [2.45, 2.75) is 38.1 Å². The van der Waals surface area contributed by atoms with Crippen LogP contribution in [0.5, 0.6) is 11.5 Å². The number of hydrogen-bond donors (Lipinski definition) is 2. The van der Waals surface area contributed by atoms with Crippen LogP contribution in [0.2, 0.25) is 0 Å². The van der Waals surface area contributed by atoms with Crippen molar-refractivity contribution < 1.29 is 24.2 Å². The van der Waals surface area contributed by atoms with Gasteiger partial charge in [-0.25, -0.2) is 0 Å². The summed E-state index contributed by atoms with van der Waals surface area (Å²) in [5.74, 6) is 0.440. The average molecular weight is 321 g/mol. The number of rotatable bonds is 8. The van der Waals surface area contributed by atoms with E-state index in [4.69, 9.17) is 14.6 Å². The van der Waals surface area contributed by atoms with Gasteiger partial charge in [-0.05, 0) is 36.5 Å². The van der Waals surface area contributed by atoms with Gasteiger partial charge in [0.25, 0.3) is 0 Å². The van der Waals surface area contributed by atoms with E-state index in [9.17, 15) is 9.59 Å². The van der Waals surface area contributed by atoms with E-state index in [1.54, 1.807) is 18.2 Å². The normalized spacial score (nSPS) is 15.4. The number of methoxy groups -OCH3 is 2. The van der Waals surface area contributed by atoms with Crippen molar-refractivity contribution in [1.82, 2.24) is 5.32 Å². The Hall–Kier alpha value is -2.24. The number of aliphatic carboxylic acids is 1. The summed E-state index contributed by atoms with van der Waals surface area (Å²) in [6, 6.07) is 4.58. The maximum absolute atomic E-state index is 12.1. The minimum absolute atomic E-state index is 0.101. The number of carbonyl (C=O) groups excluding carboxylic acids is 1. The molecular formula is C17H23NO5. The van der Waals surface area contributed by atoms with Crippen molar-refractivity contribution >= 4 is 11.9 Å². The summed E-state index contributed by atoms with van der Waals surface area (Å²) in [7, 11) is 3.05. The molecule has 0 radical (unpaired) electrons. The highest BCUT2D eigenvalue weighted by Gasteiger charge is 2.24. The first kappa shape index (κ1) is 17.1. The van der Waals surface area contributed by atoms with E-state index < -0.39 is 12.0 Å². The van der Waals surface area contributed by atoms with Crippen molar-refractivity contribution in [3.8, 4) is 11.5 Å². The van der Waals surface area contributed by atoms with Crippen LogP contribution in [-0.2, 0) is 9.59 Å². The molecule has 23 heavy (non-hydrogen) atoms. The molecule has 1 aromatic rings. The summed E-state index contributed by atoms with van der Waals surface area (Å²) >= 11 is 0. The van der Waals surface area contributed by atoms with Gasteiger partial charge in [-0.3, -0.25) is 9.59 Å². The quantitative estimate of drug-likeness (QED) is 0.768. The number of hydrogen-bond acceptors (Lipinski definition) is 4. The fraction of sp³-hybridized carbons (Fsp3) is 0.529. The van der Waals surface area contributed by atoms with Gasteiger partial charge in [-0.15, -0.1) is 0 Å². The Bertz CT molecular complexity index is 568. The molecule has 6 nitrogen and oxygen atoms in total. The van der Waals surface area contributed by atoms with Gasteiger partial charge in [0.05, 0.1) is 26.7 Å². The lowest BCUT2D eigenvalue weighted by Crippen LogP contribution is -2.32. The molecule has 6 heteroatoms. The van der Waals surface area contributed by atoms with Crippen LogP contribution in [0.25, 0.3) is 0 Å². The minimum Gasteiger partial charge on any atom is -0.493 e. The maximum atomic E-state index is 12.1. The van der Waals surface area contributed by atoms with Crippen LogP contribution < -0.4 is 14.8 Å². The number of nitrogens with one attached hydrogen (secondary N) is 1. The second-order valence-corrected chi connectivity index (χ2v) is 5.83. The second-order valence-electron chi connectivity index (χ2n) is 5.83. The van der Waals surface area contributed by atoms with Gasteiger partial charge in [-0.2, -0.15) is 0 Å². The van der Waals surface area contributed by atoms with Crippen molar-refractivity contribution in [2.24, 2.45) is 5.92 Å². The lowest BCUT2D eigenvalue weighted by Gasteiger charge is -2.26. The standard InChI is InChI=1S/C17H23NO5/c1-22-14-7-6-12(9-15(14)23-2)13(10-17(20)21)18-16(19)8-11-4-3-5-11/h6-7,9,11,13H,3-5,8,10H2,1-2H3,(H,18,19)(H,20,21). The van der Waals surface area contributed by atoms with E-state index in [0.29, 0.717) is 29.4 Å². The molecule has 1 aromatic carbocycles. The van der Waals surface area contributed by atoms with Crippen molar-refractivity contribution in [3.63, 3.8) is 0 Å². The summed E-state index contributed by atoms with van der Waals surface area (Å²) in [6.07, 6.45) is 3.61. The highest BCUT2D eigenvalue weighted by molar-refractivity contribution is 5.78. The molecule has 1 fully saturated rings. The summed E-state index contributed by atoms with van der Waals surface area (Å²) in [5.41, 5.74) is 0.687. The lowest BCUT2D eigenvalue weighted by molar-refractivity contribution is -0.137. The molecule has 1 aliphatic rings. The summed E-state index contributed by atoms with van der Waals surface area (Å²) in [6.45, 7) is 0. The molecule has 0 saturated heterocycles. The fourth-order valence-electron chi connectivity index (χ4n) is 2.71. The first-order valence-corrected chi connectivity index (χ1v) is 7.76. The average Bonchev–Trinajstić information content (AvgIpc) is 2.49. The SMILES string of the molecule is COc1ccc(C(CC(=O)O)NC(=O)CC2CCC2)cc1OC. The zero-order valence-electron chi connectivity index (χ0n) is 13.5. The fourth-order valence-corrected chi connectivity index (χ4v) is 2.71. The first-order valence-electron chi connectivity index (χ1n) is 7.76. The van der Waals surface area contributed by atoms with Gasteiger partial charge in [-0.1, -0.05) is 12.5 Å². The Morgan fingerprint density at radius 1 is 1.26 bits per heavy atom. The van der Waals surface area contributed by atoms with Crippen molar-refractivity contribution in [2.75, 3.05) is 14.2 Å². The van der Waals surface area contributed by atoms with Crippen LogP contribution in [0.15, 0.2) is 18.2 Å². The molecule has 1 saturated carbocycles. The molecule has 1 amide bonds. The Morgan fingerprint density at radius 3 is 2.48 bits per heavy atom. The predicted molar refractivity (Wildman–Crippen MR) is 84.6 cm³/mol. The molecule has 2 N–H and O–H groups in total. The molecule has 0 aromatic heterocycles. The number of ether oxygens (including phenoxy) is 2. The number of carbonyl (C=O) groups is 2. The molecule has 1 aliphatic carbocycles. The van der Waals surface area contributed by atoms with Gasteiger partial charge >= 0.3 is 5.97 Å². The number of carboxylic acids is 1. The molecule has 0 aliphatic heterocycles. The Morgan fingerprint density at radius 2 is 1.96 bits per heavy atom. The summed E-state index contributed by atoms with van der Waals surface area (Å²) < 4.78 is 10.4. The van der Waals surface area contributed by atoms with Gasteiger partial charge in [0.1, 0.15) is 0 Å². The lowest BCUT2D eigenvalue weighted by atomic mass is 9.83. The smallest absolute Gasteiger partial charge is 0.305 e. The van der Waals surface area contributed by atoms with E-state index in [1.807, 2.05) is 0 Å². The summed E-state index contributed by atoms with van der Waals surface area (Å²) in [4.78, 5) is 23.3. The van der Waals surface area contributed by atoms with Crippen molar-refractivity contribution in [3.05, 3.63) is 23.8 Å². The van der Waals surface area contributed by atoms with E-state index in [0.717, 1.165) is 12.8 Å². The molecule has 0 bridgehead atoms. The number of benzene rings is 1. The highest BCUT2D eigenvalue weighted by atomic mass is 16.5. The minimum atomic E-state index is -0.964. The Balaban J connectivity index is 2.13. The first-order chi connectivity index (χ1) is 11.0. The van der Waals surface area contributed by atoms with Crippen LogP contribution in [-0.4, -0.2) is 31.2 Å². The van der Waals surface area contributed by atoms with Gasteiger partial charge in [0, 0.05) is 6.42 Å². The van der Waals surface area contributed by atoms with E-state index >= 15 is 0 Å². The summed E-state index contributed by atoms with van der Waals surface area (Å²) in [5, 5.41) is 12.0. The Kier molecular flexibility index (Phi) is 5.84.